The molecule has 0 atom stereocenters. The molecule has 0 unspecified atom stereocenters. The molecular weight excluding hydrogens is 460 g/mol. The van der Waals surface area contributed by atoms with E-state index in [0.717, 1.165) is 57.6 Å². The van der Waals surface area contributed by atoms with Crippen molar-refractivity contribution >= 4 is 39.9 Å². The van der Waals surface area contributed by atoms with Crippen LogP contribution in [0.5, 0.6) is 11.5 Å². The zero-order valence-electron chi connectivity index (χ0n) is 18.2. The van der Waals surface area contributed by atoms with Crippen molar-refractivity contribution in [2.75, 3.05) is 24.3 Å². The minimum atomic E-state index is -0.483. The minimum absolute atomic E-state index is 0.179. The number of imidazole rings is 1. The molecule has 0 saturated heterocycles. The Morgan fingerprint density at radius 3 is 2.85 bits per heavy atom. The van der Waals surface area contributed by atoms with Gasteiger partial charge in [-0.1, -0.05) is 11.8 Å². The highest BCUT2D eigenvalue weighted by Crippen LogP contribution is 2.39. The summed E-state index contributed by atoms with van der Waals surface area (Å²) in [4.78, 5) is 30.3. The smallest absolute Gasteiger partial charge is 0.251 e. The number of benzene rings is 1. The number of anilines is 1. The van der Waals surface area contributed by atoms with Gasteiger partial charge >= 0.3 is 0 Å². The quantitative estimate of drug-likeness (QED) is 0.495. The fourth-order valence-electron chi connectivity index (χ4n) is 4.26. The molecule has 0 fully saturated rings. The maximum absolute atomic E-state index is 12.7. The van der Waals surface area contributed by atoms with Crippen molar-refractivity contribution in [2.24, 2.45) is 5.73 Å². The molecule has 1 aromatic carbocycles. The van der Waals surface area contributed by atoms with E-state index < -0.39 is 5.91 Å². The van der Waals surface area contributed by atoms with Crippen molar-refractivity contribution in [1.29, 1.82) is 0 Å². The number of amides is 2. The van der Waals surface area contributed by atoms with Gasteiger partial charge in [-0.3, -0.25) is 9.59 Å². The molecule has 2 aromatic heterocycles. The Morgan fingerprint density at radius 1 is 1.24 bits per heavy atom. The van der Waals surface area contributed by atoms with Crippen LogP contribution in [0, 0.1) is 0 Å². The number of nitrogens with one attached hydrogen (secondary N) is 1. The molecule has 0 saturated carbocycles. The van der Waals surface area contributed by atoms with Gasteiger partial charge in [0.05, 0.1) is 23.2 Å². The molecule has 0 radical (unpaired) electrons. The van der Waals surface area contributed by atoms with Crippen molar-refractivity contribution in [1.82, 2.24) is 9.55 Å². The maximum atomic E-state index is 12.7. The van der Waals surface area contributed by atoms with E-state index in [1.807, 2.05) is 31.3 Å². The first kappa shape index (κ1) is 21.8. The summed E-state index contributed by atoms with van der Waals surface area (Å²) in [5.41, 5.74) is 8.99. The number of hydrogen-bond donors (Lipinski definition) is 2. The van der Waals surface area contributed by atoms with Crippen LogP contribution in [0.4, 0.5) is 5.00 Å². The Hall–Kier alpha value is -2.98. The van der Waals surface area contributed by atoms with Crippen LogP contribution in [0.15, 0.2) is 29.6 Å². The third-order valence-electron chi connectivity index (χ3n) is 5.73. The predicted molar refractivity (Wildman–Crippen MR) is 129 cm³/mol. The summed E-state index contributed by atoms with van der Waals surface area (Å²) in [5.74, 6) is 0.980. The van der Waals surface area contributed by atoms with E-state index in [1.165, 1.54) is 23.1 Å². The van der Waals surface area contributed by atoms with E-state index in [-0.39, 0.29) is 11.7 Å². The minimum Gasteiger partial charge on any atom is -0.486 e. The second-order valence-corrected chi connectivity index (χ2v) is 9.84. The van der Waals surface area contributed by atoms with Crippen LogP contribution in [0.25, 0.3) is 11.3 Å². The fraction of sp³-hybridized carbons (Fsp3) is 0.348. The van der Waals surface area contributed by atoms with Gasteiger partial charge in [-0.25, -0.2) is 4.98 Å². The molecule has 33 heavy (non-hydrogen) atoms. The number of carbonyl (C=O) groups excluding carboxylic acids is 2. The van der Waals surface area contributed by atoms with Crippen molar-refractivity contribution in [3.05, 3.63) is 40.4 Å². The Bertz CT molecular complexity index is 1230. The number of hydrogen-bond acceptors (Lipinski definition) is 7. The third kappa shape index (κ3) is 4.20. The van der Waals surface area contributed by atoms with Gasteiger partial charge in [-0.15, -0.1) is 11.3 Å². The van der Waals surface area contributed by atoms with Crippen LogP contribution in [-0.4, -0.2) is 40.3 Å². The molecule has 0 bridgehead atoms. The van der Waals surface area contributed by atoms with Crippen LogP contribution in [-0.2, 0) is 24.2 Å². The largest absolute Gasteiger partial charge is 0.486 e. The third-order valence-corrected chi connectivity index (χ3v) is 7.92. The average Bonchev–Trinajstić information content (AvgIpc) is 3.51. The van der Waals surface area contributed by atoms with E-state index in [0.29, 0.717) is 30.3 Å². The number of primary amides is 1. The van der Waals surface area contributed by atoms with Crippen molar-refractivity contribution in [2.45, 2.75) is 37.9 Å². The second-order valence-electron chi connectivity index (χ2n) is 7.79. The second kappa shape index (κ2) is 9.11. The van der Waals surface area contributed by atoms with Crippen LogP contribution in [0.2, 0.25) is 0 Å². The lowest BCUT2D eigenvalue weighted by Crippen LogP contribution is -2.19. The summed E-state index contributed by atoms with van der Waals surface area (Å²) in [7, 11) is 0. The van der Waals surface area contributed by atoms with Crippen molar-refractivity contribution in [3.63, 3.8) is 0 Å². The van der Waals surface area contributed by atoms with Gasteiger partial charge in [-0.2, -0.15) is 0 Å². The number of fused-ring (bicyclic) bond motifs is 2. The Labute approximate surface area is 199 Å². The number of ether oxygens (including phenoxy) is 2. The van der Waals surface area contributed by atoms with Gasteiger partial charge in [-0.05, 0) is 49.9 Å². The Kier molecular flexibility index (Phi) is 6.03. The number of rotatable bonds is 7. The Morgan fingerprint density at radius 2 is 2.06 bits per heavy atom. The maximum Gasteiger partial charge on any atom is 0.251 e. The molecule has 5 rings (SSSR count). The first-order valence-corrected chi connectivity index (χ1v) is 12.7. The lowest BCUT2D eigenvalue weighted by Gasteiger charge is -2.19. The highest BCUT2D eigenvalue weighted by Gasteiger charge is 2.26. The lowest BCUT2D eigenvalue weighted by atomic mass is 10.1. The van der Waals surface area contributed by atoms with E-state index in [4.69, 9.17) is 15.2 Å². The molecule has 10 heteroatoms. The van der Waals surface area contributed by atoms with Crippen LogP contribution in [0.3, 0.4) is 0 Å². The van der Waals surface area contributed by atoms with Crippen LogP contribution >= 0.6 is 23.1 Å². The number of aromatic nitrogens is 2. The van der Waals surface area contributed by atoms with Gasteiger partial charge in [0.15, 0.2) is 16.7 Å². The molecule has 2 amide bonds. The summed E-state index contributed by atoms with van der Waals surface area (Å²) in [6, 6.07) is 5.85. The number of thioether (sulfide) groups is 1. The standard InChI is InChI=1S/C23H24N4O4S2/c1-2-27-15(13-6-7-16-17(10-13)31-9-8-30-16)11-25-23(27)32-12-19(28)26-22-20(21(24)29)14-4-3-5-18(14)33-22/h6-7,10-11H,2-5,8-9,12H2,1H3,(H2,24,29)(H,26,28). The number of carbonyl (C=O) groups is 2. The highest BCUT2D eigenvalue weighted by atomic mass is 32.2. The molecule has 2 aliphatic rings. The summed E-state index contributed by atoms with van der Waals surface area (Å²) in [6.07, 6.45) is 4.60. The monoisotopic (exact) mass is 484 g/mol. The molecular formula is C23H24N4O4S2. The zero-order chi connectivity index (χ0) is 22.9. The lowest BCUT2D eigenvalue weighted by molar-refractivity contribution is -0.113. The summed E-state index contributed by atoms with van der Waals surface area (Å²) in [5, 5.41) is 4.21. The van der Waals surface area contributed by atoms with Crippen LogP contribution < -0.4 is 20.5 Å². The van der Waals surface area contributed by atoms with Gasteiger partial charge in [0.25, 0.3) is 5.91 Å². The SMILES string of the molecule is CCn1c(-c2ccc3c(c2)OCCO3)cnc1SCC(=O)Nc1sc2c(c1C(N)=O)CCC2. The number of thiophene rings is 1. The predicted octanol–water partition coefficient (Wildman–Crippen LogP) is 3.72. The van der Waals surface area contributed by atoms with Gasteiger partial charge in [0, 0.05) is 17.0 Å². The van der Waals surface area contributed by atoms with Crippen LogP contribution in [0.1, 0.15) is 34.1 Å². The molecule has 0 spiro atoms. The molecule has 3 N–H and O–H groups in total. The average molecular weight is 485 g/mol. The van der Waals surface area contributed by atoms with Gasteiger partial charge < -0.3 is 25.1 Å². The number of aryl methyl sites for hydroxylation is 1. The Balaban J connectivity index is 1.30. The molecule has 1 aliphatic carbocycles. The number of nitrogens with zero attached hydrogens (tertiary/aromatic N) is 2. The fourth-order valence-corrected chi connectivity index (χ4v) is 6.41. The first-order valence-electron chi connectivity index (χ1n) is 10.9. The summed E-state index contributed by atoms with van der Waals surface area (Å²) < 4.78 is 13.4. The van der Waals surface area contributed by atoms with Crippen molar-refractivity contribution in [3.8, 4) is 22.8 Å². The molecule has 3 heterocycles. The van der Waals surface area contributed by atoms with E-state index >= 15 is 0 Å². The molecule has 8 nitrogen and oxygen atoms in total. The normalized spacial score (nSPS) is 14.2. The summed E-state index contributed by atoms with van der Waals surface area (Å²) >= 11 is 2.82. The molecule has 172 valence electrons. The van der Waals surface area contributed by atoms with E-state index in [1.54, 1.807) is 0 Å². The summed E-state index contributed by atoms with van der Waals surface area (Å²) in [6.45, 7) is 3.83. The van der Waals surface area contributed by atoms with E-state index in [2.05, 4.69) is 14.9 Å². The van der Waals surface area contributed by atoms with Crippen molar-refractivity contribution < 1.29 is 19.1 Å². The molecule has 1 aliphatic heterocycles. The first-order chi connectivity index (χ1) is 16.0. The highest BCUT2D eigenvalue weighted by molar-refractivity contribution is 7.99. The van der Waals surface area contributed by atoms with E-state index in [9.17, 15) is 9.59 Å². The topological polar surface area (TPSA) is 108 Å². The molecule has 3 aromatic rings. The van der Waals surface area contributed by atoms with Gasteiger partial charge in [0.2, 0.25) is 5.91 Å². The van der Waals surface area contributed by atoms with Gasteiger partial charge in [0.1, 0.15) is 18.2 Å². The number of nitrogens with two attached hydrogens (primary N) is 1. The zero-order valence-corrected chi connectivity index (χ0v) is 19.8.